The molecule has 202 valence electrons. The number of aliphatic hydroxyl groups excluding tert-OH is 2. The van der Waals surface area contributed by atoms with Gasteiger partial charge in [-0.1, -0.05) is 43.5 Å². The Balaban J connectivity index is 1.56. The summed E-state index contributed by atoms with van der Waals surface area (Å²) in [6, 6.07) is 6.70. The van der Waals surface area contributed by atoms with Crippen molar-refractivity contribution in [1.82, 2.24) is 10.2 Å². The number of nitrogens with two attached hydrogens (primary N) is 1. The molecule has 3 rings (SSSR count). The number of nitrogens with one attached hydrogen (secondary N) is 1. The van der Waals surface area contributed by atoms with E-state index in [-0.39, 0.29) is 48.3 Å². The molecule has 1 heterocycles. The van der Waals surface area contributed by atoms with Crippen LogP contribution < -0.4 is 16.0 Å². The summed E-state index contributed by atoms with van der Waals surface area (Å²) in [5, 5.41) is 24.2. The molecule has 3 atom stereocenters. The smallest absolute Gasteiger partial charge is 0.241 e. The van der Waals surface area contributed by atoms with Crippen LogP contribution in [0, 0.1) is 11.3 Å². The highest BCUT2D eigenvalue weighted by atomic mass is 35.5. The molecule has 9 heteroatoms. The van der Waals surface area contributed by atoms with Gasteiger partial charge in [0.1, 0.15) is 0 Å². The lowest BCUT2D eigenvalue weighted by Crippen LogP contribution is -2.64. The molecule has 0 bridgehead atoms. The summed E-state index contributed by atoms with van der Waals surface area (Å²) >= 11 is 6.34. The van der Waals surface area contributed by atoms with Crippen LogP contribution in [-0.2, 0) is 9.59 Å². The third kappa shape index (κ3) is 6.78. The molecule has 5 N–H and O–H groups in total. The molecular formula is C27H43ClN4O4. The lowest BCUT2D eigenvalue weighted by atomic mass is 9.86. The maximum absolute atomic E-state index is 13.0. The van der Waals surface area contributed by atoms with E-state index < -0.39 is 12.1 Å². The van der Waals surface area contributed by atoms with E-state index >= 15 is 0 Å². The molecular weight excluding hydrogens is 480 g/mol. The average Bonchev–Trinajstić information content (AvgIpc) is 3.33. The number of carbonyl (C=O) groups is 2. The quantitative estimate of drug-likeness (QED) is 0.354. The van der Waals surface area contributed by atoms with Gasteiger partial charge in [-0.15, -0.1) is 0 Å². The molecule has 1 aromatic rings. The van der Waals surface area contributed by atoms with E-state index in [0.717, 1.165) is 25.7 Å². The van der Waals surface area contributed by atoms with Crippen molar-refractivity contribution in [3.8, 4) is 0 Å². The number of halogens is 1. The molecule has 2 fully saturated rings. The van der Waals surface area contributed by atoms with E-state index in [0.29, 0.717) is 36.8 Å². The SMILES string of the molecule is CC[C@H](C[C@H](O)[C@@H](N)CN1CC(=O)N(c2ccccc2Cl)CC1(C)C)C(=O)NCC1(CO)CCCC1. The summed E-state index contributed by atoms with van der Waals surface area (Å²) in [4.78, 5) is 29.6. The van der Waals surface area contributed by atoms with Gasteiger partial charge in [-0.25, -0.2) is 0 Å². The summed E-state index contributed by atoms with van der Waals surface area (Å²) in [6.45, 7) is 7.51. The van der Waals surface area contributed by atoms with E-state index in [9.17, 15) is 19.8 Å². The normalized spacial score (nSPS) is 22.3. The van der Waals surface area contributed by atoms with Crippen LogP contribution in [0.2, 0.25) is 5.02 Å². The lowest BCUT2D eigenvalue weighted by Gasteiger charge is -2.47. The highest BCUT2D eigenvalue weighted by Gasteiger charge is 2.40. The zero-order valence-electron chi connectivity index (χ0n) is 21.9. The lowest BCUT2D eigenvalue weighted by molar-refractivity contribution is -0.127. The van der Waals surface area contributed by atoms with Crippen LogP contribution in [0.1, 0.15) is 59.3 Å². The fourth-order valence-corrected chi connectivity index (χ4v) is 5.71. The number of amides is 2. The van der Waals surface area contributed by atoms with Gasteiger partial charge in [0.25, 0.3) is 0 Å². The third-order valence-electron chi connectivity index (χ3n) is 8.12. The van der Waals surface area contributed by atoms with Crippen molar-refractivity contribution in [2.24, 2.45) is 17.1 Å². The van der Waals surface area contributed by atoms with Crippen molar-refractivity contribution in [2.45, 2.75) is 77.0 Å². The van der Waals surface area contributed by atoms with Crippen molar-refractivity contribution in [3.63, 3.8) is 0 Å². The van der Waals surface area contributed by atoms with E-state index in [1.165, 1.54) is 0 Å². The Morgan fingerprint density at radius 2 is 1.92 bits per heavy atom. The molecule has 2 amide bonds. The average molecular weight is 523 g/mol. The second kappa shape index (κ2) is 12.2. The van der Waals surface area contributed by atoms with E-state index in [4.69, 9.17) is 17.3 Å². The number of aliphatic hydroxyl groups is 2. The molecule has 1 aliphatic heterocycles. The number of carbonyl (C=O) groups excluding carboxylic acids is 2. The van der Waals surface area contributed by atoms with E-state index in [1.54, 1.807) is 11.0 Å². The molecule has 1 saturated heterocycles. The summed E-state index contributed by atoms with van der Waals surface area (Å²) in [5.74, 6) is -0.540. The Bertz CT molecular complexity index is 906. The van der Waals surface area contributed by atoms with Crippen molar-refractivity contribution < 1.29 is 19.8 Å². The topological polar surface area (TPSA) is 119 Å². The van der Waals surface area contributed by atoms with Crippen molar-refractivity contribution in [1.29, 1.82) is 0 Å². The highest BCUT2D eigenvalue weighted by Crippen LogP contribution is 2.37. The second-order valence-corrected chi connectivity index (χ2v) is 11.7. The van der Waals surface area contributed by atoms with Gasteiger partial charge < -0.3 is 26.2 Å². The Morgan fingerprint density at radius 1 is 1.25 bits per heavy atom. The van der Waals surface area contributed by atoms with Crippen molar-refractivity contribution in [3.05, 3.63) is 29.3 Å². The molecule has 0 radical (unpaired) electrons. The first-order chi connectivity index (χ1) is 17.0. The Kier molecular flexibility index (Phi) is 9.80. The number of para-hydroxylation sites is 1. The first kappa shape index (κ1) is 28.9. The number of rotatable bonds is 11. The summed E-state index contributed by atoms with van der Waals surface area (Å²) in [7, 11) is 0. The predicted octanol–water partition coefficient (Wildman–Crippen LogP) is 2.54. The van der Waals surface area contributed by atoms with Crippen LogP contribution in [0.4, 0.5) is 5.69 Å². The predicted molar refractivity (Wildman–Crippen MR) is 143 cm³/mol. The summed E-state index contributed by atoms with van der Waals surface area (Å²) in [6.07, 6.45) is 3.95. The number of anilines is 1. The number of benzene rings is 1. The zero-order valence-corrected chi connectivity index (χ0v) is 22.6. The first-order valence-corrected chi connectivity index (χ1v) is 13.5. The largest absolute Gasteiger partial charge is 0.396 e. The molecule has 0 spiro atoms. The fourth-order valence-electron chi connectivity index (χ4n) is 5.48. The summed E-state index contributed by atoms with van der Waals surface area (Å²) in [5.41, 5.74) is 6.50. The molecule has 36 heavy (non-hydrogen) atoms. The van der Waals surface area contributed by atoms with Crippen molar-refractivity contribution in [2.75, 3.05) is 37.7 Å². The van der Waals surface area contributed by atoms with Gasteiger partial charge in [0.05, 0.1) is 30.0 Å². The molecule has 1 saturated carbocycles. The van der Waals surface area contributed by atoms with Gasteiger partial charge in [-0.05, 0) is 51.7 Å². The minimum absolute atomic E-state index is 0.0698. The zero-order chi connectivity index (χ0) is 26.5. The molecule has 0 aromatic heterocycles. The Hall–Kier alpha value is -1.71. The Morgan fingerprint density at radius 3 is 2.53 bits per heavy atom. The van der Waals surface area contributed by atoms with Crippen LogP contribution in [0.15, 0.2) is 24.3 Å². The maximum atomic E-state index is 13.0. The van der Waals surface area contributed by atoms with E-state index in [1.807, 2.05) is 43.9 Å². The minimum atomic E-state index is -0.883. The van der Waals surface area contributed by atoms with Gasteiger partial charge in [-0.3, -0.25) is 14.5 Å². The van der Waals surface area contributed by atoms with E-state index in [2.05, 4.69) is 5.32 Å². The van der Waals surface area contributed by atoms with Crippen LogP contribution in [-0.4, -0.2) is 77.4 Å². The second-order valence-electron chi connectivity index (χ2n) is 11.3. The fraction of sp³-hybridized carbons (Fsp3) is 0.704. The first-order valence-electron chi connectivity index (χ1n) is 13.1. The number of hydrogen-bond acceptors (Lipinski definition) is 6. The standard InChI is InChI=1S/C27H43ClN4O4/c1-4-19(25(36)30-16-27(18-33)11-7-8-12-27)13-23(34)21(29)14-31-15-24(35)32(17-26(31,2)3)22-10-6-5-9-20(22)28/h5-6,9-10,19,21,23,33-34H,4,7-8,11-18,29H2,1-3H3,(H,30,36)/t19-,21+,23+/m1/s1. The van der Waals surface area contributed by atoms with Gasteiger partial charge >= 0.3 is 0 Å². The molecule has 1 aliphatic carbocycles. The van der Waals surface area contributed by atoms with Gasteiger partial charge in [0, 0.05) is 42.5 Å². The monoisotopic (exact) mass is 522 g/mol. The molecule has 8 nitrogen and oxygen atoms in total. The number of piperazine rings is 1. The number of hydrogen-bond donors (Lipinski definition) is 4. The minimum Gasteiger partial charge on any atom is -0.396 e. The van der Waals surface area contributed by atoms with Crippen LogP contribution in [0.5, 0.6) is 0 Å². The summed E-state index contributed by atoms with van der Waals surface area (Å²) < 4.78 is 0. The van der Waals surface area contributed by atoms with Crippen LogP contribution in [0.3, 0.4) is 0 Å². The van der Waals surface area contributed by atoms with Crippen molar-refractivity contribution >= 4 is 29.1 Å². The number of nitrogens with zero attached hydrogens (tertiary/aromatic N) is 2. The molecule has 1 aromatic carbocycles. The molecule has 2 aliphatic rings. The Labute approximate surface area is 220 Å². The third-order valence-corrected chi connectivity index (χ3v) is 8.44. The van der Waals surface area contributed by atoms with Crippen LogP contribution in [0.25, 0.3) is 0 Å². The highest BCUT2D eigenvalue weighted by molar-refractivity contribution is 6.33. The maximum Gasteiger partial charge on any atom is 0.241 e. The van der Waals surface area contributed by atoms with Gasteiger partial charge in [0.2, 0.25) is 11.8 Å². The van der Waals surface area contributed by atoms with Crippen LogP contribution >= 0.6 is 11.6 Å². The van der Waals surface area contributed by atoms with Gasteiger partial charge in [-0.2, -0.15) is 0 Å². The van der Waals surface area contributed by atoms with Gasteiger partial charge in [0.15, 0.2) is 0 Å². The molecule has 0 unspecified atom stereocenters.